The largest absolute Gasteiger partial charge is 0.315 e. The lowest BCUT2D eigenvalue weighted by atomic mass is 9.85. The van der Waals surface area contributed by atoms with E-state index in [0.717, 1.165) is 24.0 Å². The minimum atomic E-state index is 0.740. The van der Waals surface area contributed by atoms with E-state index >= 15 is 0 Å². The van der Waals surface area contributed by atoms with Gasteiger partial charge in [-0.15, -0.1) is 0 Å². The number of rotatable bonds is 2. The summed E-state index contributed by atoms with van der Waals surface area (Å²) < 4.78 is 0. The van der Waals surface area contributed by atoms with E-state index in [1.165, 1.54) is 45.1 Å². The molecule has 0 spiro atoms. The first-order valence-electron chi connectivity index (χ1n) is 7.15. The molecule has 1 aliphatic heterocycles. The third-order valence-electron chi connectivity index (χ3n) is 4.72. The lowest BCUT2D eigenvalue weighted by Crippen LogP contribution is -2.55. The van der Waals surface area contributed by atoms with Crippen molar-refractivity contribution in [3.63, 3.8) is 0 Å². The van der Waals surface area contributed by atoms with Crippen molar-refractivity contribution in [1.82, 2.24) is 10.2 Å². The average molecular weight is 224 g/mol. The molecule has 2 nitrogen and oxygen atoms in total. The molecule has 4 atom stereocenters. The van der Waals surface area contributed by atoms with Gasteiger partial charge >= 0.3 is 0 Å². The molecule has 1 saturated carbocycles. The summed E-state index contributed by atoms with van der Waals surface area (Å²) in [4.78, 5) is 2.79. The van der Waals surface area contributed by atoms with Crippen LogP contribution in [0.1, 0.15) is 52.4 Å². The zero-order valence-electron chi connectivity index (χ0n) is 11.2. The molecule has 16 heavy (non-hydrogen) atoms. The standard InChI is InChI=1S/C14H28N2/c1-11-8-9-16(12(2)10-11)14-7-5-4-6-13(14)15-3/h11-15H,4-10H2,1-3H3. The highest BCUT2D eigenvalue weighted by atomic mass is 15.2. The molecule has 2 aliphatic rings. The van der Waals surface area contributed by atoms with Gasteiger partial charge in [0.05, 0.1) is 0 Å². The fraction of sp³-hybridized carbons (Fsp3) is 1.00. The molecule has 1 saturated heterocycles. The summed E-state index contributed by atoms with van der Waals surface area (Å²) in [6.07, 6.45) is 8.43. The summed E-state index contributed by atoms with van der Waals surface area (Å²) in [7, 11) is 2.14. The van der Waals surface area contributed by atoms with Crippen LogP contribution in [-0.4, -0.2) is 36.6 Å². The Hall–Kier alpha value is -0.0800. The van der Waals surface area contributed by atoms with E-state index < -0.39 is 0 Å². The maximum Gasteiger partial charge on any atom is 0.0252 e. The molecule has 94 valence electrons. The minimum Gasteiger partial charge on any atom is -0.315 e. The van der Waals surface area contributed by atoms with Crippen LogP contribution < -0.4 is 5.32 Å². The van der Waals surface area contributed by atoms with E-state index in [2.05, 4.69) is 31.1 Å². The van der Waals surface area contributed by atoms with Crippen LogP contribution in [0, 0.1) is 5.92 Å². The van der Waals surface area contributed by atoms with E-state index in [0.29, 0.717) is 0 Å². The predicted octanol–water partition coefficient (Wildman–Crippen LogP) is 2.64. The third-order valence-corrected chi connectivity index (χ3v) is 4.72. The summed E-state index contributed by atoms with van der Waals surface area (Å²) in [6.45, 7) is 6.16. The second kappa shape index (κ2) is 5.50. The zero-order chi connectivity index (χ0) is 11.5. The van der Waals surface area contributed by atoms with E-state index in [9.17, 15) is 0 Å². The summed E-state index contributed by atoms with van der Waals surface area (Å²) in [6, 6.07) is 2.34. The Bertz CT molecular complexity index is 217. The minimum absolute atomic E-state index is 0.740. The van der Waals surface area contributed by atoms with Crippen LogP contribution in [0.4, 0.5) is 0 Å². The number of likely N-dealkylation sites (tertiary alicyclic amines) is 1. The molecule has 2 rings (SSSR count). The van der Waals surface area contributed by atoms with Crippen molar-refractivity contribution in [2.45, 2.75) is 70.5 Å². The molecular weight excluding hydrogens is 196 g/mol. The van der Waals surface area contributed by atoms with Crippen molar-refractivity contribution in [1.29, 1.82) is 0 Å². The van der Waals surface area contributed by atoms with Crippen LogP contribution in [0.5, 0.6) is 0 Å². The number of hydrogen-bond donors (Lipinski definition) is 1. The van der Waals surface area contributed by atoms with Crippen LogP contribution in [0.2, 0.25) is 0 Å². The molecule has 1 N–H and O–H groups in total. The normalized spacial score (nSPS) is 42.2. The smallest absolute Gasteiger partial charge is 0.0252 e. The Labute approximate surface area is 101 Å². The maximum atomic E-state index is 3.54. The van der Waals surface area contributed by atoms with Crippen LogP contribution in [0.25, 0.3) is 0 Å². The number of likely N-dealkylation sites (N-methyl/N-ethyl adjacent to an activating group) is 1. The Morgan fingerprint density at radius 2 is 1.81 bits per heavy atom. The second-order valence-corrected chi connectivity index (χ2v) is 5.96. The van der Waals surface area contributed by atoms with Gasteiger partial charge in [0.25, 0.3) is 0 Å². The van der Waals surface area contributed by atoms with Crippen molar-refractivity contribution < 1.29 is 0 Å². The topological polar surface area (TPSA) is 15.3 Å². The van der Waals surface area contributed by atoms with Gasteiger partial charge in [0, 0.05) is 18.1 Å². The molecule has 2 fully saturated rings. The highest BCUT2D eigenvalue weighted by Gasteiger charge is 2.34. The van der Waals surface area contributed by atoms with Crippen molar-refractivity contribution in [2.75, 3.05) is 13.6 Å². The molecule has 0 aromatic carbocycles. The summed E-state index contributed by atoms with van der Waals surface area (Å²) >= 11 is 0. The highest BCUT2D eigenvalue weighted by Crippen LogP contribution is 2.30. The first-order chi connectivity index (χ1) is 7.72. The number of hydrogen-bond acceptors (Lipinski definition) is 2. The van der Waals surface area contributed by atoms with Gasteiger partial charge in [0.1, 0.15) is 0 Å². The summed E-state index contributed by atoms with van der Waals surface area (Å²) in [5.74, 6) is 0.933. The van der Waals surface area contributed by atoms with Crippen molar-refractivity contribution in [2.24, 2.45) is 5.92 Å². The lowest BCUT2D eigenvalue weighted by molar-refractivity contribution is 0.0456. The van der Waals surface area contributed by atoms with Crippen LogP contribution in [0.15, 0.2) is 0 Å². The van der Waals surface area contributed by atoms with Crippen molar-refractivity contribution in [3.05, 3.63) is 0 Å². The summed E-state index contributed by atoms with van der Waals surface area (Å²) in [5, 5.41) is 3.54. The van der Waals surface area contributed by atoms with E-state index in [1.807, 2.05) is 0 Å². The molecule has 0 radical (unpaired) electrons. The van der Waals surface area contributed by atoms with Crippen molar-refractivity contribution in [3.8, 4) is 0 Å². The van der Waals surface area contributed by atoms with E-state index in [4.69, 9.17) is 0 Å². The quantitative estimate of drug-likeness (QED) is 0.776. The van der Waals surface area contributed by atoms with Gasteiger partial charge in [-0.25, -0.2) is 0 Å². The van der Waals surface area contributed by atoms with Crippen molar-refractivity contribution >= 4 is 0 Å². The van der Waals surface area contributed by atoms with Gasteiger partial charge in [0.15, 0.2) is 0 Å². The van der Waals surface area contributed by atoms with Crippen LogP contribution in [-0.2, 0) is 0 Å². The SMILES string of the molecule is CNC1CCCCC1N1CCC(C)CC1C. The van der Waals surface area contributed by atoms with Crippen LogP contribution >= 0.6 is 0 Å². The van der Waals surface area contributed by atoms with E-state index in [-0.39, 0.29) is 0 Å². The molecule has 1 aliphatic carbocycles. The molecule has 4 unspecified atom stereocenters. The fourth-order valence-corrected chi connectivity index (χ4v) is 3.76. The number of piperidine rings is 1. The zero-order valence-corrected chi connectivity index (χ0v) is 11.2. The predicted molar refractivity (Wildman–Crippen MR) is 69.7 cm³/mol. The van der Waals surface area contributed by atoms with E-state index in [1.54, 1.807) is 0 Å². The fourth-order valence-electron chi connectivity index (χ4n) is 3.76. The monoisotopic (exact) mass is 224 g/mol. The van der Waals surface area contributed by atoms with Gasteiger partial charge in [-0.05, 0) is 52.1 Å². The molecule has 0 aromatic rings. The highest BCUT2D eigenvalue weighted by molar-refractivity contribution is 4.91. The molecule has 0 bridgehead atoms. The lowest BCUT2D eigenvalue weighted by Gasteiger charge is -2.46. The van der Waals surface area contributed by atoms with Gasteiger partial charge < -0.3 is 5.32 Å². The third kappa shape index (κ3) is 2.60. The molecule has 2 heteroatoms. The molecule has 1 heterocycles. The molecule has 0 aromatic heterocycles. The van der Waals surface area contributed by atoms with Gasteiger partial charge in [0.2, 0.25) is 0 Å². The first kappa shape index (κ1) is 12.4. The summed E-state index contributed by atoms with van der Waals surface area (Å²) in [5.41, 5.74) is 0. The Morgan fingerprint density at radius 3 is 2.50 bits per heavy atom. The first-order valence-corrected chi connectivity index (χ1v) is 7.15. The molecule has 0 amide bonds. The average Bonchev–Trinajstić information content (AvgIpc) is 2.29. The van der Waals surface area contributed by atoms with Gasteiger partial charge in [-0.1, -0.05) is 19.8 Å². The van der Waals surface area contributed by atoms with Gasteiger partial charge in [-0.2, -0.15) is 0 Å². The number of nitrogens with one attached hydrogen (secondary N) is 1. The molecular formula is C14H28N2. The Morgan fingerprint density at radius 1 is 1.06 bits per heavy atom. The second-order valence-electron chi connectivity index (χ2n) is 5.96. The van der Waals surface area contributed by atoms with Crippen LogP contribution in [0.3, 0.4) is 0 Å². The number of nitrogens with zero attached hydrogens (tertiary/aromatic N) is 1. The Kier molecular flexibility index (Phi) is 4.26. The maximum absolute atomic E-state index is 3.54. The Balaban J connectivity index is 1.98. The van der Waals surface area contributed by atoms with Gasteiger partial charge in [-0.3, -0.25) is 4.90 Å².